The summed E-state index contributed by atoms with van der Waals surface area (Å²) < 4.78 is 5.00. The molecule has 19 heavy (non-hydrogen) atoms. The monoisotopic (exact) mass is 283 g/mol. The van der Waals surface area contributed by atoms with Crippen LogP contribution in [0.1, 0.15) is 49.0 Å². The maximum Gasteiger partial charge on any atom is 0.123 e. The Labute approximate surface area is 120 Å². The number of aromatic nitrogens is 2. The molecule has 1 heterocycles. The number of nitrogens with one attached hydrogen (secondary N) is 1. The molecule has 1 aromatic heterocycles. The zero-order valence-corrected chi connectivity index (χ0v) is 12.9. The van der Waals surface area contributed by atoms with Crippen molar-refractivity contribution in [1.82, 2.24) is 15.5 Å². The Morgan fingerprint density at radius 1 is 1.26 bits per heavy atom. The molecular formula is C14H25N3OS. The Kier molecular flexibility index (Phi) is 5.73. The molecule has 1 saturated carbocycles. The molecule has 0 unspecified atom stereocenters. The molecule has 0 spiro atoms. The number of aryl methyl sites for hydroxylation is 1. The van der Waals surface area contributed by atoms with Crippen LogP contribution in [0.15, 0.2) is 0 Å². The fourth-order valence-corrected chi connectivity index (χ4v) is 3.71. The highest BCUT2D eigenvalue weighted by Crippen LogP contribution is 2.41. The molecule has 5 heteroatoms. The molecule has 108 valence electrons. The first-order valence-electron chi connectivity index (χ1n) is 7.27. The van der Waals surface area contributed by atoms with Crippen LogP contribution in [0, 0.1) is 0 Å². The van der Waals surface area contributed by atoms with E-state index in [0.29, 0.717) is 5.41 Å². The zero-order chi connectivity index (χ0) is 13.6. The highest BCUT2D eigenvalue weighted by atomic mass is 32.1. The van der Waals surface area contributed by atoms with Crippen molar-refractivity contribution in [2.24, 2.45) is 0 Å². The number of hydrogen-bond donors (Lipinski definition) is 1. The summed E-state index contributed by atoms with van der Waals surface area (Å²) in [5, 5.41) is 14.6. The minimum Gasteiger partial charge on any atom is -0.383 e. The van der Waals surface area contributed by atoms with Crippen LogP contribution in [0.4, 0.5) is 0 Å². The van der Waals surface area contributed by atoms with Gasteiger partial charge in [0.2, 0.25) is 0 Å². The largest absolute Gasteiger partial charge is 0.383 e. The number of hydrogen-bond acceptors (Lipinski definition) is 5. The van der Waals surface area contributed by atoms with Crippen molar-refractivity contribution in [2.75, 3.05) is 26.8 Å². The van der Waals surface area contributed by atoms with Gasteiger partial charge in [0.1, 0.15) is 10.0 Å². The van der Waals surface area contributed by atoms with Crippen LogP contribution in [0.2, 0.25) is 0 Å². The van der Waals surface area contributed by atoms with E-state index in [1.54, 1.807) is 7.11 Å². The molecule has 1 N–H and O–H groups in total. The van der Waals surface area contributed by atoms with Crippen molar-refractivity contribution in [3.05, 3.63) is 10.0 Å². The zero-order valence-electron chi connectivity index (χ0n) is 12.1. The second kappa shape index (κ2) is 7.31. The lowest BCUT2D eigenvalue weighted by Crippen LogP contribution is -2.20. The van der Waals surface area contributed by atoms with Crippen LogP contribution in [0.5, 0.6) is 0 Å². The van der Waals surface area contributed by atoms with Crippen LogP contribution < -0.4 is 5.32 Å². The Hall–Kier alpha value is -0.520. The Morgan fingerprint density at radius 2 is 2.05 bits per heavy atom. The van der Waals surface area contributed by atoms with Gasteiger partial charge in [0, 0.05) is 25.5 Å². The molecule has 0 radical (unpaired) electrons. The molecular weight excluding hydrogens is 258 g/mol. The minimum atomic E-state index is 0.312. The van der Waals surface area contributed by atoms with E-state index in [2.05, 4.69) is 22.4 Å². The molecule has 0 amide bonds. The average molecular weight is 283 g/mol. The maximum atomic E-state index is 5.00. The molecule has 0 aliphatic heterocycles. The van der Waals surface area contributed by atoms with Gasteiger partial charge in [-0.05, 0) is 25.8 Å². The van der Waals surface area contributed by atoms with Crippen molar-refractivity contribution < 1.29 is 4.74 Å². The van der Waals surface area contributed by atoms with Crippen LogP contribution in [-0.2, 0) is 16.6 Å². The lowest BCUT2D eigenvalue weighted by molar-refractivity contribution is 0.199. The first-order valence-corrected chi connectivity index (χ1v) is 8.09. The van der Waals surface area contributed by atoms with E-state index < -0.39 is 0 Å². The van der Waals surface area contributed by atoms with Gasteiger partial charge >= 0.3 is 0 Å². The lowest BCUT2D eigenvalue weighted by Gasteiger charge is -2.18. The molecule has 0 bridgehead atoms. The number of ether oxygens (including phenoxy) is 1. The van der Waals surface area contributed by atoms with E-state index >= 15 is 0 Å². The second-order valence-corrected chi connectivity index (χ2v) is 6.68. The van der Waals surface area contributed by atoms with Crippen molar-refractivity contribution in [2.45, 2.75) is 50.9 Å². The first-order chi connectivity index (χ1) is 9.24. The standard InChI is InChI=1S/C14H25N3OS/c1-14(7-3-4-8-14)13-17-16-12(19-13)6-5-9-15-10-11-18-2/h15H,3-11H2,1-2H3. The third-order valence-electron chi connectivity index (χ3n) is 3.92. The number of methoxy groups -OCH3 is 1. The lowest BCUT2D eigenvalue weighted by atomic mass is 9.90. The highest BCUT2D eigenvalue weighted by Gasteiger charge is 2.33. The van der Waals surface area contributed by atoms with Crippen LogP contribution in [-0.4, -0.2) is 37.0 Å². The topological polar surface area (TPSA) is 47.0 Å². The van der Waals surface area contributed by atoms with Gasteiger partial charge in [-0.15, -0.1) is 21.5 Å². The van der Waals surface area contributed by atoms with Crippen molar-refractivity contribution in [3.63, 3.8) is 0 Å². The summed E-state index contributed by atoms with van der Waals surface area (Å²) in [7, 11) is 1.73. The highest BCUT2D eigenvalue weighted by molar-refractivity contribution is 7.11. The summed E-state index contributed by atoms with van der Waals surface area (Å²) in [5.41, 5.74) is 0.312. The number of nitrogens with zero attached hydrogens (tertiary/aromatic N) is 2. The predicted molar refractivity (Wildman–Crippen MR) is 78.8 cm³/mol. The summed E-state index contributed by atoms with van der Waals surface area (Å²) in [6, 6.07) is 0. The van der Waals surface area contributed by atoms with Gasteiger partial charge < -0.3 is 10.1 Å². The molecule has 4 nitrogen and oxygen atoms in total. The summed E-state index contributed by atoms with van der Waals surface area (Å²) in [6.07, 6.45) is 7.40. The predicted octanol–water partition coefficient (Wildman–Crippen LogP) is 2.54. The van der Waals surface area contributed by atoms with Gasteiger partial charge in [0.25, 0.3) is 0 Å². The van der Waals surface area contributed by atoms with Crippen molar-refractivity contribution >= 4 is 11.3 Å². The average Bonchev–Trinajstić information content (AvgIpc) is 3.03. The molecule has 0 atom stereocenters. The van der Waals surface area contributed by atoms with Gasteiger partial charge in [0.15, 0.2) is 0 Å². The van der Waals surface area contributed by atoms with Gasteiger partial charge in [-0.1, -0.05) is 19.8 Å². The summed E-state index contributed by atoms with van der Waals surface area (Å²) in [5.74, 6) is 0. The van der Waals surface area contributed by atoms with Crippen molar-refractivity contribution in [1.29, 1.82) is 0 Å². The van der Waals surface area contributed by atoms with E-state index in [4.69, 9.17) is 4.74 Å². The van der Waals surface area contributed by atoms with Gasteiger partial charge in [-0.2, -0.15) is 0 Å². The van der Waals surface area contributed by atoms with Gasteiger partial charge in [0.05, 0.1) is 6.61 Å². The van der Waals surface area contributed by atoms with Gasteiger partial charge in [-0.3, -0.25) is 0 Å². The fourth-order valence-electron chi connectivity index (χ4n) is 2.63. The molecule has 1 aliphatic carbocycles. The summed E-state index contributed by atoms with van der Waals surface area (Å²) in [6.45, 7) is 5.07. The molecule has 1 aliphatic rings. The SMILES string of the molecule is COCCNCCCc1nnc(C2(C)CCCC2)s1. The maximum absolute atomic E-state index is 5.00. The summed E-state index contributed by atoms with van der Waals surface area (Å²) in [4.78, 5) is 0. The van der Waals surface area contributed by atoms with E-state index in [1.807, 2.05) is 11.3 Å². The van der Waals surface area contributed by atoms with Crippen LogP contribution in [0.25, 0.3) is 0 Å². The Morgan fingerprint density at radius 3 is 2.79 bits per heavy atom. The first kappa shape index (κ1) is 14.9. The summed E-state index contributed by atoms with van der Waals surface area (Å²) >= 11 is 1.82. The molecule has 2 rings (SSSR count). The van der Waals surface area contributed by atoms with Crippen molar-refractivity contribution in [3.8, 4) is 0 Å². The quantitative estimate of drug-likeness (QED) is 0.745. The minimum absolute atomic E-state index is 0.312. The van der Waals surface area contributed by atoms with E-state index in [9.17, 15) is 0 Å². The smallest absolute Gasteiger partial charge is 0.123 e. The second-order valence-electron chi connectivity index (χ2n) is 5.62. The normalized spacial score (nSPS) is 18.0. The van der Waals surface area contributed by atoms with Crippen LogP contribution >= 0.6 is 11.3 Å². The van der Waals surface area contributed by atoms with E-state index in [0.717, 1.165) is 32.5 Å². The third-order valence-corrected chi connectivity index (χ3v) is 5.21. The third kappa shape index (κ3) is 4.23. The van der Waals surface area contributed by atoms with Gasteiger partial charge in [-0.25, -0.2) is 0 Å². The van der Waals surface area contributed by atoms with E-state index in [1.165, 1.54) is 35.7 Å². The van der Waals surface area contributed by atoms with E-state index in [-0.39, 0.29) is 0 Å². The molecule has 0 saturated heterocycles. The number of rotatable bonds is 8. The Bertz CT molecular complexity index is 375. The Balaban J connectivity index is 1.72. The fraction of sp³-hybridized carbons (Fsp3) is 0.857. The molecule has 0 aromatic carbocycles. The molecule has 1 fully saturated rings. The van der Waals surface area contributed by atoms with Crippen LogP contribution in [0.3, 0.4) is 0 Å². The molecule has 1 aromatic rings.